The number of aromatic carboxylic acids is 1. The highest BCUT2D eigenvalue weighted by Crippen LogP contribution is 2.18. The van der Waals surface area contributed by atoms with E-state index in [1.807, 2.05) is 24.3 Å². The molecule has 4 nitrogen and oxygen atoms in total. The molecule has 1 aromatic carbocycles. The Balaban J connectivity index is 1.83. The van der Waals surface area contributed by atoms with E-state index in [1.165, 1.54) is 11.3 Å². The first-order chi connectivity index (χ1) is 9.19. The molecule has 2 rings (SSSR count). The molecular formula is C14H14O4S. The van der Waals surface area contributed by atoms with Gasteiger partial charge in [-0.15, -0.1) is 11.3 Å². The van der Waals surface area contributed by atoms with Crippen LogP contribution in [0.25, 0.3) is 0 Å². The summed E-state index contributed by atoms with van der Waals surface area (Å²) in [6, 6.07) is 11.0. The fourth-order valence-electron chi connectivity index (χ4n) is 1.56. The summed E-state index contributed by atoms with van der Waals surface area (Å²) in [6.45, 7) is 0.911. The molecule has 1 aromatic heterocycles. The number of carbonyl (C=O) groups is 1. The monoisotopic (exact) mass is 278 g/mol. The molecule has 0 fully saturated rings. The molecule has 0 spiro atoms. The second kappa shape index (κ2) is 6.36. The Morgan fingerprint density at radius 2 is 1.89 bits per heavy atom. The van der Waals surface area contributed by atoms with E-state index in [0.717, 1.165) is 16.2 Å². The van der Waals surface area contributed by atoms with E-state index in [-0.39, 0.29) is 0 Å². The Kier molecular flexibility index (Phi) is 4.54. The van der Waals surface area contributed by atoms with Gasteiger partial charge in [0, 0.05) is 4.88 Å². The van der Waals surface area contributed by atoms with E-state index in [9.17, 15) is 4.79 Å². The third-order valence-electron chi connectivity index (χ3n) is 2.54. The summed E-state index contributed by atoms with van der Waals surface area (Å²) in [4.78, 5) is 12.0. The van der Waals surface area contributed by atoms with E-state index in [1.54, 1.807) is 19.2 Å². The molecule has 0 unspecified atom stereocenters. The number of methoxy groups -OCH3 is 1. The third kappa shape index (κ3) is 3.81. The predicted octanol–water partition coefficient (Wildman–Crippen LogP) is 3.17. The first-order valence-corrected chi connectivity index (χ1v) is 6.53. The van der Waals surface area contributed by atoms with E-state index in [4.69, 9.17) is 14.6 Å². The van der Waals surface area contributed by atoms with E-state index >= 15 is 0 Å². The predicted molar refractivity (Wildman–Crippen MR) is 72.8 cm³/mol. The molecule has 1 heterocycles. The van der Waals surface area contributed by atoms with Crippen LogP contribution in [0.15, 0.2) is 36.4 Å². The molecule has 100 valence electrons. The topological polar surface area (TPSA) is 55.8 Å². The van der Waals surface area contributed by atoms with Gasteiger partial charge in [0.2, 0.25) is 0 Å². The average Bonchev–Trinajstić information content (AvgIpc) is 2.89. The van der Waals surface area contributed by atoms with E-state index < -0.39 is 5.97 Å². The maximum Gasteiger partial charge on any atom is 0.345 e. The van der Waals surface area contributed by atoms with Crippen LogP contribution < -0.4 is 4.74 Å². The molecule has 0 aliphatic carbocycles. The Morgan fingerprint density at radius 1 is 1.16 bits per heavy atom. The Bertz CT molecular complexity index is 545. The van der Waals surface area contributed by atoms with Crippen molar-refractivity contribution in [1.29, 1.82) is 0 Å². The summed E-state index contributed by atoms with van der Waals surface area (Å²) >= 11 is 1.24. The number of thiophene rings is 1. The van der Waals surface area contributed by atoms with Gasteiger partial charge in [0.15, 0.2) is 0 Å². The lowest BCUT2D eigenvalue weighted by Gasteiger charge is -2.04. The third-order valence-corrected chi connectivity index (χ3v) is 3.59. The number of rotatable bonds is 6. The first-order valence-electron chi connectivity index (χ1n) is 5.71. The molecule has 0 radical (unpaired) electrons. The molecule has 0 amide bonds. The van der Waals surface area contributed by atoms with Crippen molar-refractivity contribution in [2.24, 2.45) is 0 Å². The highest BCUT2D eigenvalue weighted by molar-refractivity contribution is 7.13. The van der Waals surface area contributed by atoms with Gasteiger partial charge in [-0.1, -0.05) is 12.1 Å². The number of hydrogen-bond acceptors (Lipinski definition) is 4. The van der Waals surface area contributed by atoms with Crippen molar-refractivity contribution in [2.45, 2.75) is 13.2 Å². The van der Waals surface area contributed by atoms with Crippen LogP contribution >= 0.6 is 11.3 Å². The molecule has 0 saturated carbocycles. The van der Waals surface area contributed by atoms with Gasteiger partial charge in [-0.3, -0.25) is 0 Å². The van der Waals surface area contributed by atoms with Crippen molar-refractivity contribution in [3.05, 3.63) is 51.7 Å². The molecule has 1 N–H and O–H groups in total. The van der Waals surface area contributed by atoms with Crippen molar-refractivity contribution in [3.63, 3.8) is 0 Å². The zero-order valence-electron chi connectivity index (χ0n) is 10.5. The number of benzene rings is 1. The second-order valence-corrected chi connectivity index (χ2v) is 5.08. The number of carboxylic acids is 1. The van der Waals surface area contributed by atoms with Crippen LogP contribution in [-0.2, 0) is 18.0 Å². The maximum atomic E-state index is 10.7. The van der Waals surface area contributed by atoms with Crippen LogP contribution in [0.1, 0.15) is 20.1 Å². The van der Waals surface area contributed by atoms with Gasteiger partial charge in [0.25, 0.3) is 0 Å². The summed E-state index contributed by atoms with van der Waals surface area (Å²) in [5.74, 6) is -0.0838. The van der Waals surface area contributed by atoms with Crippen molar-refractivity contribution in [3.8, 4) is 5.75 Å². The fraction of sp³-hybridized carbons (Fsp3) is 0.214. The summed E-state index contributed by atoms with van der Waals surface area (Å²) in [7, 11) is 1.63. The number of hydrogen-bond donors (Lipinski definition) is 1. The summed E-state index contributed by atoms with van der Waals surface area (Å²) in [6.07, 6.45) is 0. The average molecular weight is 278 g/mol. The van der Waals surface area contributed by atoms with Crippen LogP contribution in [0.4, 0.5) is 0 Å². The minimum Gasteiger partial charge on any atom is -0.497 e. The summed E-state index contributed by atoms with van der Waals surface area (Å²) in [5.41, 5.74) is 1.05. The molecule has 5 heteroatoms. The van der Waals surface area contributed by atoms with E-state index in [0.29, 0.717) is 18.1 Å². The smallest absolute Gasteiger partial charge is 0.345 e. The first kappa shape index (κ1) is 13.6. The lowest BCUT2D eigenvalue weighted by Crippen LogP contribution is -1.93. The van der Waals surface area contributed by atoms with Crippen molar-refractivity contribution in [2.75, 3.05) is 7.11 Å². The van der Waals surface area contributed by atoms with Gasteiger partial charge in [0.05, 0.1) is 20.3 Å². The summed E-state index contributed by atoms with van der Waals surface area (Å²) < 4.78 is 10.6. The zero-order chi connectivity index (χ0) is 13.7. The molecule has 19 heavy (non-hydrogen) atoms. The Hall–Kier alpha value is -1.85. The van der Waals surface area contributed by atoms with Crippen LogP contribution in [0.2, 0.25) is 0 Å². The number of ether oxygens (including phenoxy) is 2. The van der Waals surface area contributed by atoms with Crippen LogP contribution in [0, 0.1) is 0 Å². The Morgan fingerprint density at radius 3 is 2.47 bits per heavy atom. The minimum atomic E-state index is -0.897. The van der Waals surface area contributed by atoms with Gasteiger partial charge in [0.1, 0.15) is 10.6 Å². The van der Waals surface area contributed by atoms with Crippen molar-refractivity contribution in [1.82, 2.24) is 0 Å². The molecule has 0 aliphatic rings. The van der Waals surface area contributed by atoms with Gasteiger partial charge in [-0.25, -0.2) is 4.79 Å². The highest BCUT2D eigenvalue weighted by Gasteiger charge is 2.06. The largest absolute Gasteiger partial charge is 0.497 e. The molecule has 0 bridgehead atoms. The van der Waals surface area contributed by atoms with Crippen LogP contribution in [-0.4, -0.2) is 18.2 Å². The van der Waals surface area contributed by atoms with Crippen LogP contribution in [0.3, 0.4) is 0 Å². The van der Waals surface area contributed by atoms with Gasteiger partial charge in [-0.2, -0.15) is 0 Å². The number of carboxylic acid groups (broad SMARTS) is 1. The molecule has 0 atom stereocenters. The molecule has 2 aromatic rings. The second-order valence-electron chi connectivity index (χ2n) is 3.91. The lowest BCUT2D eigenvalue weighted by molar-refractivity contribution is 0.0702. The molecule has 0 saturated heterocycles. The van der Waals surface area contributed by atoms with E-state index in [2.05, 4.69) is 0 Å². The normalized spacial score (nSPS) is 10.4. The van der Waals surface area contributed by atoms with Crippen LogP contribution in [0.5, 0.6) is 5.75 Å². The van der Waals surface area contributed by atoms with Gasteiger partial charge < -0.3 is 14.6 Å². The van der Waals surface area contributed by atoms with Gasteiger partial charge >= 0.3 is 5.97 Å². The SMILES string of the molecule is COc1ccc(COCc2ccc(C(=O)O)s2)cc1. The highest BCUT2D eigenvalue weighted by atomic mass is 32.1. The Labute approximate surface area is 115 Å². The minimum absolute atomic E-state index is 0.336. The summed E-state index contributed by atoms with van der Waals surface area (Å²) in [5, 5.41) is 8.81. The van der Waals surface area contributed by atoms with Crippen molar-refractivity contribution >= 4 is 17.3 Å². The molecule has 0 aliphatic heterocycles. The molecular weight excluding hydrogens is 264 g/mol. The fourth-order valence-corrected chi connectivity index (χ4v) is 2.35. The lowest BCUT2D eigenvalue weighted by atomic mass is 10.2. The standard InChI is InChI=1S/C14H14O4S/c1-17-11-4-2-10(3-5-11)8-18-9-12-6-7-13(19-12)14(15)16/h2-7H,8-9H2,1H3,(H,15,16). The zero-order valence-corrected chi connectivity index (χ0v) is 11.3. The quantitative estimate of drug-likeness (QED) is 0.881. The van der Waals surface area contributed by atoms with Gasteiger partial charge in [-0.05, 0) is 29.8 Å². The maximum absolute atomic E-state index is 10.7. The van der Waals surface area contributed by atoms with Crippen molar-refractivity contribution < 1.29 is 19.4 Å².